The molecule has 0 amide bonds. The van der Waals surface area contributed by atoms with Crippen molar-refractivity contribution in [2.24, 2.45) is 0 Å². The summed E-state index contributed by atoms with van der Waals surface area (Å²) in [5.74, 6) is -4.47. The summed E-state index contributed by atoms with van der Waals surface area (Å²) < 4.78 is 25.3. The minimum atomic E-state index is -1.81. The predicted octanol–water partition coefficient (Wildman–Crippen LogP) is 1.57. The molecule has 1 N–H and O–H groups in total. The van der Waals surface area contributed by atoms with Crippen LogP contribution >= 0.6 is 0 Å². The first-order valence-electron chi connectivity index (χ1n) is 3.30. The Hall–Kier alpha value is -2.05. The summed E-state index contributed by atoms with van der Waals surface area (Å²) in [7, 11) is 0. The van der Waals surface area contributed by atoms with Crippen LogP contribution in [0.3, 0.4) is 0 Å². The molecule has 1 aromatic carbocycles. The van der Waals surface area contributed by atoms with Crippen LogP contribution in [0.2, 0.25) is 0 Å². The van der Waals surface area contributed by atoms with E-state index < -0.39 is 33.8 Å². The molecule has 0 aliphatic rings. The SMILES string of the molecule is O=C(O)c1c(F)cc(F)cc1[N+](=O)[O-]. The molecular weight excluding hydrogens is 200 g/mol. The first-order valence-corrected chi connectivity index (χ1v) is 3.30. The van der Waals surface area contributed by atoms with E-state index in [1.54, 1.807) is 0 Å². The number of nitro benzene ring substituents is 1. The van der Waals surface area contributed by atoms with Crippen LogP contribution < -0.4 is 0 Å². The maximum Gasteiger partial charge on any atom is 0.345 e. The van der Waals surface area contributed by atoms with E-state index >= 15 is 0 Å². The third kappa shape index (κ3) is 1.65. The zero-order chi connectivity index (χ0) is 10.9. The van der Waals surface area contributed by atoms with Crippen LogP contribution in [0.5, 0.6) is 0 Å². The van der Waals surface area contributed by atoms with Gasteiger partial charge in [0.2, 0.25) is 0 Å². The van der Waals surface area contributed by atoms with Crippen molar-refractivity contribution in [3.8, 4) is 0 Å². The lowest BCUT2D eigenvalue weighted by atomic mass is 10.1. The number of benzene rings is 1. The van der Waals surface area contributed by atoms with Gasteiger partial charge in [0.15, 0.2) is 5.56 Å². The van der Waals surface area contributed by atoms with Gasteiger partial charge in [0.1, 0.15) is 11.6 Å². The Labute approximate surface area is 75.7 Å². The summed E-state index contributed by atoms with van der Waals surface area (Å²) in [6, 6.07) is 0.628. The van der Waals surface area contributed by atoms with Crippen LogP contribution in [-0.2, 0) is 0 Å². The average Bonchev–Trinajstić information content (AvgIpc) is 2.01. The second kappa shape index (κ2) is 3.36. The molecule has 74 valence electrons. The molecule has 0 aliphatic carbocycles. The second-order valence-electron chi connectivity index (χ2n) is 2.34. The second-order valence-corrected chi connectivity index (χ2v) is 2.34. The van der Waals surface area contributed by atoms with Crippen molar-refractivity contribution in [2.45, 2.75) is 0 Å². The van der Waals surface area contributed by atoms with Crippen LogP contribution in [0.1, 0.15) is 10.4 Å². The molecule has 7 heteroatoms. The normalized spacial score (nSPS) is 9.86. The number of carbonyl (C=O) groups is 1. The molecule has 14 heavy (non-hydrogen) atoms. The van der Waals surface area contributed by atoms with Gasteiger partial charge >= 0.3 is 5.97 Å². The topological polar surface area (TPSA) is 80.4 Å². The third-order valence-corrected chi connectivity index (χ3v) is 1.44. The van der Waals surface area contributed by atoms with E-state index in [0.717, 1.165) is 0 Å². The van der Waals surface area contributed by atoms with Crippen molar-refractivity contribution in [1.29, 1.82) is 0 Å². The molecule has 0 unspecified atom stereocenters. The van der Waals surface area contributed by atoms with Crippen molar-refractivity contribution in [3.05, 3.63) is 39.4 Å². The van der Waals surface area contributed by atoms with Crippen molar-refractivity contribution < 1.29 is 23.6 Å². The van der Waals surface area contributed by atoms with Gasteiger partial charge in [0.25, 0.3) is 5.69 Å². The summed E-state index contributed by atoms with van der Waals surface area (Å²) in [6.45, 7) is 0. The molecule has 0 saturated carbocycles. The first kappa shape index (κ1) is 10.0. The summed E-state index contributed by atoms with van der Waals surface area (Å²) in [5.41, 5.74) is -2.24. The highest BCUT2D eigenvalue weighted by Crippen LogP contribution is 2.22. The lowest BCUT2D eigenvalue weighted by Crippen LogP contribution is -2.06. The molecule has 0 aliphatic heterocycles. The van der Waals surface area contributed by atoms with Crippen molar-refractivity contribution in [3.63, 3.8) is 0 Å². The number of nitro groups is 1. The van der Waals surface area contributed by atoms with Crippen LogP contribution in [0.15, 0.2) is 12.1 Å². The fourth-order valence-corrected chi connectivity index (χ4v) is 0.916. The Kier molecular flexibility index (Phi) is 2.41. The quantitative estimate of drug-likeness (QED) is 0.584. The highest BCUT2D eigenvalue weighted by molar-refractivity contribution is 5.92. The highest BCUT2D eigenvalue weighted by Gasteiger charge is 2.25. The Bertz CT molecular complexity index is 418. The number of halogens is 2. The van der Waals surface area contributed by atoms with Crippen LogP contribution in [-0.4, -0.2) is 16.0 Å². The summed E-state index contributed by atoms with van der Waals surface area (Å²) in [6.07, 6.45) is 0. The van der Waals surface area contributed by atoms with Gasteiger partial charge in [-0.25, -0.2) is 13.6 Å². The predicted molar refractivity (Wildman–Crippen MR) is 40.0 cm³/mol. The third-order valence-electron chi connectivity index (χ3n) is 1.44. The number of carboxylic acid groups (broad SMARTS) is 1. The van der Waals surface area contributed by atoms with Crippen molar-refractivity contribution >= 4 is 11.7 Å². The number of hydrogen-bond acceptors (Lipinski definition) is 3. The van der Waals surface area contributed by atoms with Crippen molar-refractivity contribution in [2.75, 3.05) is 0 Å². The van der Waals surface area contributed by atoms with E-state index in [1.165, 1.54) is 0 Å². The Morgan fingerprint density at radius 2 is 2.00 bits per heavy atom. The van der Waals surface area contributed by atoms with Gasteiger partial charge < -0.3 is 5.11 Å². The summed E-state index contributed by atoms with van der Waals surface area (Å²) >= 11 is 0. The molecule has 0 bridgehead atoms. The number of rotatable bonds is 2. The van der Waals surface area contributed by atoms with E-state index in [1.807, 2.05) is 0 Å². The average molecular weight is 203 g/mol. The molecule has 0 saturated heterocycles. The van der Waals surface area contributed by atoms with E-state index in [2.05, 4.69) is 0 Å². The highest BCUT2D eigenvalue weighted by atomic mass is 19.1. The van der Waals surface area contributed by atoms with E-state index in [-0.39, 0.29) is 6.07 Å². The number of nitrogens with zero attached hydrogens (tertiary/aromatic N) is 1. The molecule has 0 atom stereocenters. The molecule has 0 fully saturated rings. The standard InChI is InChI=1S/C7H3F2NO4/c8-3-1-4(9)6(7(11)12)5(2-3)10(13)14/h1-2H,(H,11,12). The van der Waals surface area contributed by atoms with E-state index in [0.29, 0.717) is 6.07 Å². The maximum atomic E-state index is 12.8. The lowest BCUT2D eigenvalue weighted by Gasteiger charge is -1.99. The van der Waals surface area contributed by atoms with Gasteiger partial charge in [-0.2, -0.15) is 0 Å². The zero-order valence-corrected chi connectivity index (χ0v) is 6.53. The Balaban J connectivity index is 3.52. The molecule has 0 aromatic heterocycles. The maximum absolute atomic E-state index is 12.8. The van der Waals surface area contributed by atoms with Gasteiger partial charge in [-0.05, 0) is 0 Å². The van der Waals surface area contributed by atoms with Gasteiger partial charge in [-0.1, -0.05) is 0 Å². The van der Waals surface area contributed by atoms with Crippen LogP contribution in [0, 0.1) is 21.7 Å². The van der Waals surface area contributed by atoms with Crippen LogP contribution in [0.25, 0.3) is 0 Å². The largest absolute Gasteiger partial charge is 0.477 e. The molecule has 1 aromatic rings. The van der Waals surface area contributed by atoms with Gasteiger partial charge in [0.05, 0.1) is 11.0 Å². The fourth-order valence-electron chi connectivity index (χ4n) is 0.916. The monoisotopic (exact) mass is 203 g/mol. The minimum Gasteiger partial charge on any atom is -0.477 e. The zero-order valence-electron chi connectivity index (χ0n) is 6.53. The van der Waals surface area contributed by atoms with E-state index in [4.69, 9.17) is 5.11 Å². The molecule has 0 heterocycles. The number of hydrogen-bond donors (Lipinski definition) is 1. The van der Waals surface area contributed by atoms with Gasteiger partial charge in [0, 0.05) is 6.07 Å². The molecule has 5 nitrogen and oxygen atoms in total. The fraction of sp³-hybridized carbons (Fsp3) is 0. The molecule has 1 rings (SSSR count). The Morgan fingerprint density at radius 3 is 2.43 bits per heavy atom. The summed E-state index contributed by atoms with van der Waals surface area (Å²) in [4.78, 5) is 19.5. The molecule has 0 spiro atoms. The molecular formula is C7H3F2NO4. The smallest absolute Gasteiger partial charge is 0.345 e. The van der Waals surface area contributed by atoms with Crippen LogP contribution in [0.4, 0.5) is 14.5 Å². The lowest BCUT2D eigenvalue weighted by molar-refractivity contribution is -0.385. The molecule has 0 radical (unpaired) electrons. The van der Waals surface area contributed by atoms with Gasteiger partial charge in [-0.15, -0.1) is 0 Å². The summed E-state index contributed by atoms with van der Waals surface area (Å²) in [5, 5.41) is 18.7. The number of aromatic carboxylic acids is 1. The van der Waals surface area contributed by atoms with Gasteiger partial charge in [-0.3, -0.25) is 10.1 Å². The minimum absolute atomic E-state index is 0.274. The van der Waals surface area contributed by atoms with E-state index in [9.17, 15) is 23.7 Å². The first-order chi connectivity index (χ1) is 6.43. The van der Waals surface area contributed by atoms with Crippen molar-refractivity contribution in [1.82, 2.24) is 0 Å². The number of carboxylic acids is 1. The Morgan fingerprint density at radius 1 is 1.43 bits per heavy atom.